The molecule has 4 nitrogen and oxygen atoms in total. The van der Waals surface area contributed by atoms with Crippen LogP contribution < -0.4 is 0 Å². The van der Waals surface area contributed by atoms with Crippen molar-refractivity contribution in [3.63, 3.8) is 0 Å². The van der Waals surface area contributed by atoms with Crippen molar-refractivity contribution in [3.05, 3.63) is 95.1 Å². The number of hydrogen-bond acceptors (Lipinski definition) is 2. The molecule has 0 saturated heterocycles. The van der Waals surface area contributed by atoms with Crippen molar-refractivity contribution in [2.24, 2.45) is 0 Å². The van der Waals surface area contributed by atoms with Crippen molar-refractivity contribution >= 4 is 34.2 Å². The third-order valence-corrected chi connectivity index (χ3v) is 6.25. The highest BCUT2D eigenvalue weighted by molar-refractivity contribution is 5.79. The number of nitrogens with one attached hydrogen (secondary N) is 2. The maximum absolute atomic E-state index is 4.98. The molecule has 0 aromatic carbocycles. The fourth-order valence-electron chi connectivity index (χ4n) is 4.66. The van der Waals surface area contributed by atoms with Gasteiger partial charge in [-0.2, -0.15) is 0 Å². The quantitative estimate of drug-likeness (QED) is 0.396. The normalized spacial score (nSPS) is 17.0. The average molecular weight is 405 g/mol. The summed E-state index contributed by atoms with van der Waals surface area (Å²) in [6.07, 6.45) is 13.8. The van der Waals surface area contributed by atoms with Gasteiger partial charge in [0.1, 0.15) is 0 Å². The summed E-state index contributed by atoms with van der Waals surface area (Å²) in [5.41, 5.74) is 9.62. The Morgan fingerprint density at radius 2 is 1.58 bits per heavy atom. The Labute approximate surface area is 181 Å². The second-order valence-electron chi connectivity index (χ2n) is 9.14. The highest BCUT2D eigenvalue weighted by Gasteiger charge is 2.28. The van der Waals surface area contributed by atoms with Gasteiger partial charge in [-0.15, -0.1) is 0 Å². The molecule has 0 fully saturated rings. The molecule has 3 aromatic heterocycles. The second kappa shape index (κ2) is 6.67. The molecule has 4 heteroatoms. The first-order valence-electron chi connectivity index (χ1n) is 10.8. The molecule has 152 valence electrons. The molecule has 0 radical (unpaired) electrons. The zero-order chi connectivity index (χ0) is 21.0. The molecular formula is C27H24N4. The number of fused-ring (bicyclic) bond motifs is 8. The zero-order valence-corrected chi connectivity index (χ0v) is 17.7. The predicted molar refractivity (Wildman–Crippen MR) is 128 cm³/mol. The minimum atomic E-state index is -0.00216. The Morgan fingerprint density at radius 3 is 2.42 bits per heavy atom. The van der Waals surface area contributed by atoms with E-state index in [2.05, 4.69) is 103 Å². The van der Waals surface area contributed by atoms with Gasteiger partial charge in [0.25, 0.3) is 0 Å². The first-order chi connectivity index (χ1) is 15.0. The number of aromatic nitrogens is 4. The summed E-state index contributed by atoms with van der Waals surface area (Å²) >= 11 is 0. The summed E-state index contributed by atoms with van der Waals surface area (Å²) in [5, 5.41) is 0. The van der Waals surface area contributed by atoms with Crippen LogP contribution in [0.2, 0.25) is 0 Å². The fraction of sp³-hybridized carbons (Fsp3) is 0.185. The smallest absolute Gasteiger partial charge is 0.0699 e. The van der Waals surface area contributed by atoms with Gasteiger partial charge >= 0.3 is 0 Å². The van der Waals surface area contributed by atoms with E-state index in [1.54, 1.807) is 0 Å². The van der Waals surface area contributed by atoms with Crippen LogP contribution in [0.3, 0.4) is 0 Å². The maximum Gasteiger partial charge on any atom is 0.0699 e. The third-order valence-electron chi connectivity index (χ3n) is 6.25. The van der Waals surface area contributed by atoms with Gasteiger partial charge in [-0.05, 0) is 54.6 Å². The molecule has 2 aliphatic heterocycles. The molecule has 0 amide bonds. The Balaban J connectivity index is 1.71. The van der Waals surface area contributed by atoms with Crippen LogP contribution in [0.15, 0.2) is 66.8 Å². The maximum atomic E-state index is 4.98. The van der Waals surface area contributed by atoms with Gasteiger partial charge in [0.05, 0.1) is 11.4 Å². The number of allylic oxidation sites excluding steroid dienone is 4. The summed E-state index contributed by atoms with van der Waals surface area (Å²) in [5.74, 6) is 0.208. The topological polar surface area (TPSA) is 57.4 Å². The summed E-state index contributed by atoms with van der Waals surface area (Å²) < 4.78 is 0. The minimum Gasteiger partial charge on any atom is -0.355 e. The van der Waals surface area contributed by atoms with Crippen LogP contribution in [0.25, 0.3) is 34.2 Å². The molecule has 3 aromatic rings. The lowest BCUT2D eigenvalue weighted by atomic mass is 9.87. The van der Waals surface area contributed by atoms with Crippen molar-refractivity contribution in [2.75, 3.05) is 0 Å². The highest BCUT2D eigenvalue weighted by Crippen LogP contribution is 2.33. The van der Waals surface area contributed by atoms with Crippen LogP contribution in [0.1, 0.15) is 48.1 Å². The van der Waals surface area contributed by atoms with Crippen molar-refractivity contribution in [1.29, 1.82) is 0 Å². The minimum absolute atomic E-state index is 0.00216. The van der Waals surface area contributed by atoms with Crippen LogP contribution in [0.4, 0.5) is 0 Å². The van der Waals surface area contributed by atoms with Gasteiger partial charge in [0, 0.05) is 56.8 Å². The number of hydrogen-bond donors (Lipinski definition) is 2. The number of rotatable bonds is 1. The molecule has 31 heavy (non-hydrogen) atoms. The molecule has 0 spiro atoms. The summed E-state index contributed by atoms with van der Waals surface area (Å²) in [6, 6.07) is 14.9. The Hall–Kier alpha value is -3.66. The van der Waals surface area contributed by atoms with Crippen LogP contribution >= 0.6 is 0 Å². The predicted octanol–water partition coefficient (Wildman–Crippen LogP) is 6.22. The first kappa shape index (κ1) is 18.1. The molecule has 5 heterocycles. The molecular weight excluding hydrogens is 380 g/mol. The lowest BCUT2D eigenvalue weighted by molar-refractivity contribution is 0.543. The lowest BCUT2D eigenvalue weighted by Gasteiger charge is -2.15. The standard InChI is InChI=1S/C27H24N4/c1-27(2)16-22-14-19-8-7-18(28-19)13-20-9-11-23(29-20)26(17-5-3-4-6-17)24-12-10-21(30-24)15-25(27)31-22/h3-15,17,28,30H,16H2,1-2H3. The monoisotopic (exact) mass is 404 g/mol. The van der Waals surface area contributed by atoms with E-state index in [4.69, 9.17) is 9.97 Å². The van der Waals surface area contributed by atoms with Gasteiger partial charge in [-0.1, -0.05) is 38.2 Å². The summed E-state index contributed by atoms with van der Waals surface area (Å²) in [7, 11) is 0. The van der Waals surface area contributed by atoms with Crippen LogP contribution in [0, 0.1) is 0 Å². The van der Waals surface area contributed by atoms with Crippen molar-refractivity contribution in [3.8, 4) is 0 Å². The highest BCUT2D eigenvalue weighted by atomic mass is 14.8. The number of H-pyrrole nitrogens is 2. The Morgan fingerprint density at radius 1 is 0.839 bits per heavy atom. The number of aromatic amines is 2. The second-order valence-corrected chi connectivity index (χ2v) is 9.14. The van der Waals surface area contributed by atoms with E-state index >= 15 is 0 Å². The molecule has 2 N–H and O–H groups in total. The average Bonchev–Trinajstić information content (AvgIpc) is 3.51. The summed E-state index contributed by atoms with van der Waals surface area (Å²) in [6.45, 7) is 4.52. The van der Waals surface area contributed by atoms with Crippen LogP contribution in [-0.4, -0.2) is 19.9 Å². The van der Waals surface area contributed by atoms with Crippen molar-refractivity contribution in [2.45, 2.75) is 31.6 Å². The van der Waals surface area contributed by atoms with Crippen molar-refractivity contribution in [1.82, 2.24) is 19.9 Å². The van der Waals surface area contributed by atoms with E-state index in [9.17, 15) is 0 Å². The van der Waals surface area contributed by atoms with E-state index in [0.29, 0.717) is 0 Å². The molecule has 0 saturated carbocycles. The van der Waals surface area contributed by atoms with Gasteiger partial charge in [0.2, 0.25) is 0 Å². The van der Waals surface area contributed by atoms with Gasteiger partial charge in [0.15, 0.2) is 0 Å². The fourth-order valence-corrected chi connectivity index (χ4v) is 4.66. The molecule has 0 atom stereocenters. The number of nitrogens with zero attached hydrogens (tertiary/aromatic N) is 2. The molecule has 6 rings (SSSR count). The van der Waals surface area contributed by atoms with Gasteiger partial charge < -0.3 is 9.97 Å². The van der Waals surface area contributed by atoms with Crippen molar-refractivity contribution < 1.29 is 0 Å². The van der Waals surface area contributed by atoms with E-state index in [1.165, 1.54) is 5.56 Å². The third kappa shape index (κ3) is 3.25. The zero-order valence-electron chi connectivity index (χ0n) is 17.7. The Kier molecular flexibility index (Phi) is 3.90. The van der Waals surface area contributed by atoms with Crippen LogP contribution in [0.5, 0.6) is 0 Å². The lowest BCUT2D eigenvalue weighted by Crippen LogP contribution is -2.14. The largest absolute Gasteiger partial charge is 0.355 e. The molecule has 8 bridgehead atoms. The molecule has 1 aliphatic carbocycles. The Bertz CT molecular complexity index is 1430. The molecule has 0 unspecified atom stereocenters. The van der Waals surface area contributed by atoms with E-state index in [0.717, 1.165) is 51.3 Å². The van der Waals surface area contributed by atoms with E-state index in [1.807, 2.05) is 0 Å². The van der Waals surface area contributed by atoms with Gasteiger partial charge in [-0.3, -0.25) is 4.98 Å². The SMILES string of the molecule is CC1(C)Cc2cc3ccc(cc4nc(c(C5C=CC=C5)c5ccc(cc1n2)[nH]5)C=C4)[nH]3. The molecule has 3 aliphatic rings. The summed E-state index contributed by atoms with van der Waals surface area (Å²) in [4.78, 5) is 17.0. The van der Waals surface area contributed by atoms with E-state index < -0.39 is 0 Å². The van der Waals surface area contributed by atoms with Crippen LogP contribution in [-0.2, 0) is 11.8 Å². The first-order valence-corrected chi connectivity index (χ1v) is 10.8. The van der Waals surface area contributed by atoms with Gasteiger partial charge in [-0.25, -0.2) is 4.98 Å². The van der Waals surface area contributed by atoms with E-state index in [-0.39, 0.29) is 11.3 Å².